The van der Waals surface area contributed by atoms with E-state index in [1.807, 2.05) is 6.08 Å². The Balaban J connectivity index is 2.02. The van der Waals surface area contributed by atoms with E-state index in [4.69, 9.17) is 17.2 Å². The van der Waals surface area contributed by atoms with E-state index in [0.717, 1.165) is 50.4 Å². The van der Waals surface area contributed by atoms with Crippen LogP contribution in [0.2, 0.25) is 0 Å². The minimum Gasteiger partial charge on any atom is -0.369 e. The molecule has 1 heterocycles. The maximum Gasteiger partial charge on any atom is 0.223 e. The molecule has 0 aromatic rings. The molecule has 0 radical (unpaired) electrons. The van der Waals surface area contributed by atoms with E-state index in [1.54, 1.807) is 0 Å². The van der Waals surface area contributed by atoms with Crippen molar-refractivity contribution in [1.29, 1.82) is 0 Å². The van der Waals surface area contributed by atoms with E-state index in [1.165, 1.54) is 5.57 Å². The number of nitrogens with zero attached hydrogens (tertiary/aromatic N) is 3. The van der Waals surface area contributed by atoms with Crippen molar-refractivity contribution < 1.29 is 0 Å². The fraction of sp³-hybridized carbons (Fsp3) is 0.647. The van der Waals surface area contributed by atoms with Crippen LogP contribution in [0.5, 0.6) is 0 Å². The minimum atomic E-state index is 0.231. The smallest absolute Gasteiger partial charge is 0.223 e. The van der Waals surface area contributed by atoms with Gasteiger partial charge in [0.25, 0.3) is 0 Å². The van der Waals surface area contributed by atoms with Crippen LogP contribution < -0.4 is 17.2 Å². The Bertz CT molecular complexity index is 523. The molecular formula is C17H30N6. The number of rotatable bonds is 3. The van der Waals surface area contributed by atoms with E-state index in [0.29, 0.717) is 18.4 Å². The highest BCUT2D eigenvalue weighted by molar-refractivity contribution is 5.93. The maximum absolute atomic E-state index is 6.07. The zero-order valence-corrected chi connectivity index (χ0v) is 14.3. The second-order valence-corrected chi connectivity index (χ2v) is 6.67. The molecule has 23 heavy (non-hydrogen) atoms. The highest BCUT2D eigenvalue weighted by Crippen LogP contribution is 2.27. The van der Waals surface area contributed by atoms with Crippen LogP contribution >= 0.6 is 0 Å². The first-order chi connectivity index (χ1) is 11.0. The second kappa shape index (κ2) is 8.15. The number of hydrogen-bond acceptors (Lipinski definition) is 2. The fourth-order valence-corrected chi connectivity index (χ4v) is 3.03. The number of allylic oxidation sites excluding steroid dienone is 3. The molecule has 0 amide bonds. The van der Waals surface area contributed by atoms with Crippen LogP contribution in [0.1, 0.15) is 39.5 Å². The summed E-state index contributed by atoms with van der Waals surface area (Å²) in [5, 5.41) is 0. The van der Waals surface area contributed by atoms with Gasteiger partial charge < -0.3 is 22.1 Å². The third kappa shape index (κ3) is 5.10. The van der Waals surface area contributed by atoms with Gasteiger partial charge in [0.05, 0.1) is 0 Å². The summed E-state index contributed by atoms with van der Waals surface area (Å²) in [5.41, 5.74) is 20.0. The second-order valence-electron chi connectivity index (χ2n) is 6.67. The highest BCUT2D eigenvalue weighted by Gasteiger charge is 2.18. The quantitative estimate of drug-likeness (QED) is 0.542. The Morgan fingerprint density at radius 1 is 1.22 bits per heavy atom. The standard InChI is InChI=1S/C17H30N6/c1-12-6-9-23(10-7-12)17(20)22-16(19)21-15-4-3-14(5-8-18)11-13(15)2/h3-4,12-13H,5-11,18H2,1-2H3,(H4,19,20,21,22). The van der Waals surface area contributed by atoms with Crippen molar-refractivity contribution in [3.8, 4) is 0 Å². The summed E-state index contributed by atoms with van der Waals surface area (Å²) in [6.45, 7) is 6.97. The van der Waals surface area contributed by atoms with Crippen LogP contribution in [-0.2, 0) is 0 Å². The third-order valence-corrected chi connectivity index (χ3v) is 4.61. The van der Waals surface area contributed by atoms with Gasteiger partial charge in [-0.25, -0.2) is 4.99 Å². The Morgan fingerprint density at radius 2 is 1.91 bits per heavy atom. The van der Waals surface area contributed by atoms with Crippen molar-refractivity contribution in [3.05, 3.63) is 23.4 Å². The maximum atomic E-state index is 6.07. The first-order valence-electron chi connectivity index (χ1n) is 8.52. The first kappa shape index (κ1) is 17.5. The molecule has 1 aliphatic heterocycles. The van der Waals surface area contributed by atoms with Gasteiger partial charge in [0.15, 0.2) is 5.96 Å². The fourth-order valence-electron chi connectivity index (χ4n) is 3.03. The van der Waals surface area contributed by atoms with E-state index < -0.39 is 0 Å². The van der Waals surface area contributed by atoms with Crippen molar-refractivity contribution in [2.45, 2.75) is 39.5 Å². The van der Waals surface area contributed by atoms with E-state index >= 15 is 0 Å². The predicted octanol–water partition coefficient (Wildman–Crippen LogP) is 1.55. The lowest BCUT2D eigenvalue weighted by Gasteiger charge is -2.30. The van der Waals surface area contributed by atoms with Crippen molar-refractivity contribution in [3.63, 3.8) is 0 Å². The van der Waals surface area contributed by atoms with Crippen LogP contribution in [0, 0.1) is 11.8 Å². The molecule has 1 unspecified atom stereocenters. The van der Waals surface area contributed by atoms with Gasteiger partial charge in [-0.05, 0) is 44.2 Å². The summed E-state index contributed by atoms with van der Waals surface area (Å²) in [7, 11) is 0. The molecule has 0 aromatic heterocycles. The molecule has 0 saturated carbocycles. The average molecular weight is 318 g/mol. The normalized spacial score (nSPS) is 24.5. The minimum absolute atomic E-state index is 0.231. The van der Waals surface area contributed by atoms with Crippen molar-refractivity contribution in [1.82, 2.24) is 4.90 Å². The SMILES string of the molecule is CC1CCN(C(N)=NC(N)=NC2=CC=C(CCN)CC2C)CC1. The van der Waals surface area contributed by atoms with Gasteiger partial charge in [-0.15, -0.1) is 0 Å². The van der Waals surface area contributed by atoms with E-state index in [2.05, 4.69) is 34.8 Å². The summed E-state index contributed by atoms with van der Waals surface area (Å²) in [4.78, 5) is 10.8. The van der Waals surface area contributed by atoms with Crippen LogP contribution in [-0.4, -0.2) is 36.5 Å². The van der Waals surface area contributed by atoms with Gasteiger partial charge in [0.2, 0.25) is 5.96 Å². The van der Waals surface area contributed by atoms with Crippen molar-refractivity contribution >= 4 is 11.9 Å². The van der Waals surface area contributed by atoms with E-state index in [-0.39, 0.29) is 5.96 Å². The van der Waals surface area contributed by atoms with Crippen LogP contribution in [0.25, 0.3) is 0 Å². The number of hydrogen-bond donors (Lipinski definition) is 3. The Hall–Kier alpha value is -1.82. The molecule has 2 aliphatic rings. The lowest BCUT2D eigenvalue weighted by atomic mass is 9.91. The van der Waals surface area contributed by atoms with Gasteiger partial charge in [-0.3, -0.25) is 0 Å². The van der Waals surface area contributed by atoms with Gasteiger partial charge in [0.1, 0.15) is 0 Å². The molecule has 0 aromatic carbocycles. The summed E-state index contributed by atoms with van der Waals surface area (Å²) >= 11 is 0. The molecule has 128 valence electrons. The van der Waals surface area contributed by atoms with Gasteiger partial charge in [0, 0.05) is 24.7 Å². The third-order valence-electron chi connectivity index (χ3n) is 4.61. The summed E-state index contributed by atoms with van der Waals surface area (Å²) in [6.07, 6.45) is 8.31. The summed E-state index contributed by atoms with van der Waals surface area (Å²) in [6, 6.07) is 0. The number of guanidine groups is 2. The molecule has 1 saturated heterocycles. The molecule has 1 aliphatic carbocycles. The number of aliphatic imine (C=N–C) groups is 2. The predicted molar refractivity (Wildman–Crippen MR) is 96.8 cm³/mol. The van der Waals surface area contributed by atoms with Crippen LogP contribution in [0.15, 0.2) is 33.4 Å². The average Bonchev–Trinajstić information content (AvgIpc) is 2.51. The topological polar surface area (TPSA) is 106 Å². The largest absolute Gasteiger partial charge is 0.369 e. The van der Waals surface area contributed by atoms with Crippen LogP contribution in [0.4, 0.5) is 0 Å². The molecule has 6 N–H and O–H groups in total. The van der Waals surface area contributed by atoms with Crippen molar-refractivity contribution in [2.75, 3.05) is 19.6 Å². The number of likely N-dealkylation sites (tertiary alicyclic amines) is 1. The van der Waals surface area contributed by atoms with Gasteiger partial charge in [-0.2, -0.15) is 4.99 Å². The Kier molecular flexibility index (Phi) is 6.21. The zero-order valence-electron chi connectivity index (χ0n) is 14.3. The lowest BCUT2D eigenvalue weighted by Crippen LogP contribution is -2.43. The summed E-state index contributed by atoms with van der Waals surface area (Å²) < 4.78 is 0. The van der Waals surface area contributed by atoms with E-state index in [9.17, 15) is 0 Å². The summed E-state index contributed by atoms with van der Waals surface area (Å²) in [5.74, 6) is 1.79. The highest BCUT2D eigenvalue weighted by atomic mass is 15.3. The molecular weight excluding hydrogens is 288 g/mol. The first-order valence-corrected chi connectivity index (χ1v) is 8.52. The molecule has 6 heteroatoms. The molecule has 2 rings (SSSR count). The molecule has 1 fully saturated rings. The molecule has 0 bridgehead atoms. The molecule has 0 spiro atoms. The van der Waals surface area contributed by atoms with Gasteiger partial charge in [-0.1, -0.05) is 25.5 Å². The van der Waals surface area contributed by atoms with Crippen molar-refractivity contribution in [2.24, 2.45) is 39.0 Å². The number of piperidine rings is 1. The zero-order chi connectivity index (χ0) is 16.8. The van der Waals surface area contributed by atoms with Gasteiger partial charge >= 0.3 is 0 Å². The monoisotopic (exact) mass is 318 g/mol. The van der Waals surface area contributed by atoms with Crippen LogP contribution in [0.3, 0.4) is 0 Å². The number of nitrogens with two attached hydrogens (primary N) is 3. The molecule has 6 nitrogen and oxygen atoms in total. The lowest BCUT2D eigenvalue weighted by molar-refractivity contribution is 0.278. The Morgan fingerprint density at radius 3 is 2.52 bits per heavy atom. The molecule has 1 atom stereocenters. The Labute approximate surface area is 139 Å².